The van der Waals surface area contributed by atoms with E-state index in [2.05, 4.69) is 38.7 Å². The van der Waals surface area contributed by atoms with E-state index < -0.39 is 0 Å². The molecule has 1 fully saturated rings. The van der Waals surface area contributed by atoms with Gasteiger partial charge in [-0.3, -0.25) is 4.90 Å². The Kier molecular flexibility index (Phi) is 6.95. The zero-order valence-corrected chi connectivity index (χ0v) is 12.7. The third kappa shape index (κ3) is 4.40. The van der Waals surface area contributed by atoms with Gasteiger partial charge in [-0.25, -0.2) is 0 Å². The second kappa shape index (κ2) is 7.96. The zero-order chi connectivity index (χ0) is 13.5. The topological polar surface area (TPSA) is 23.5 Å². The number of hydrogen-bond donors (Lipinski definition) is 1. The Balaban J connectivity index is 2.71. The van der Waals surface area contributed by atoms with Crippen molar-refractivity contribution in [1.29, 1.82) is 0 Å². The summed E-state index contributed by atoms with van der Waals surface area (Å²) >= 11 is 0. The molecule has 1 heterocycles. The molecule has 1 aliphatic rings. The van der Waals surface area contributed by atoms with E-state index in [1.54, 1.807) is 0 Å². The molecule has 0 saturated carbocycles. The lowest BCUT2D eigenvalue weighted by molar-refractivity contribution is 0.0120. The quantitative estimate of drug-likeness (QED) is 0.694. The predicted octanol–water partition coefficient (Wildman–Crippen LogP) is 3.95. The lowest BCUT2D eigenvalue weighted by Gasteiger charge is -2.33. The summed E-state index contributed by atoms with van der Waals surface area (Å²) in [5.41, 5.74) is 1.45. The largest absolute Gasteiger partial charge is 0.378 e. The lowest BCUT2D eigenvalue weighted by atomic mass is 9.92. The van der Waals surface area contributed by atoms with Gasteiger partial charge in [-0.1, -0.05) is 45.3 Å². The van der Waals surface area contributed by atoms with Crippen LogP contribution in [-0.4, -0.2) is 28.8 Å². The van der Waals surface area contributed by atoms with E-state index >= 15 is 0 Å². The molecule has 0 amide bonds. The molecule has 0 bridgehead atoms. The van der Waals surface area contributed by atoms with Gasteiger partial charge in [0.15, 0.2) is 0 Å². The molecule has 3 unspecified atom stereocenters. The first-order valence-corrected chi connectivity index (χ1v) is 7.70. The van der Waals surface area contributed by atoms with Gasteiger partial charge in [-0.05, 0) is 38.5 Å². The number of nitrogens with zero attached hydrogens (tertiary/aromatic N) is 1. The number of aliphatic hydroxyl groups is 1. The van der Waals surface area contributed by atoms with Crippen LogP contribution in [0.25, 0.3) is 0 Å². The number of rotatable bonds is 7. The Labute approximate surface area is 113 Å². The summed E-state index contributed by atoms with van der Waals surface area (Å²) in [4.78, 5) is 2.31. The number of likely N-dealkylation sites (tertiary alicyclic amines) is 1. The highest BCUT2D eigenvalue weighted by Gasteiger charge is 2.30. The molecule has 1 saturated heterocycles. The minimum Gasteiger partial charge on any atom is -0.378 e. The van der Waals surface area contributed by atoms with Crippen LogP contribution in [0.2, 0.25) is 0 Å². The standard InChI is InChI=1S/C16H31NO/c1-5-8-13(3)12-15(14(4)9-6-2)17-11-7-10-16(17)18/h9,13,15-16,18H,5-8,10-12H2,1-4H3/b14-9-. The fourth-order valence-electron chi connectivity index (χ4n) is 3.17. The first-order valence-electron chi connectivity index (χ1n) is 7.70. The fourth-order valence-corrected chi connectivity index (χ4v) is 3.17. The second-order valence-electron chi connectivity index (χ2n) is 5.86. The van der Waals surface area contributed by atoms with Crippen molar-refractivity contribution >= 4 is 0 Å². The molecule has 2 nitrogen and oxygen atoms in total. The monoisotopic (exact) mass is 253 g/mol. The average molecular weight is 253 g/mol. The fraction of sp³-hybridized carbons (Fsp3) is 0.875. The third-order valence-corrected chi connectivity index (χ3v) is 4.12. The van der Waals surface area contributed by atoms with Crippen molar-refractivity contribution in [1.82, 2.24) is 4.90 Å². The van der Waals surface area contributed by atoms with Crippen LogP contribution in [0.15, 0.2) is 11.6 Å². The minimum atomic E-state index is -0.218. The molecule has 0 aliphatic carbocycles. The Morgan fingerprint density at radius 1 is 1.44 bits per heavy atom. The van der Waals surface area contributed by atoms with Gasteiger partial charge < -0.3 is 5.11 Å². The number of hydrogen-bond acceptors (Lipinski definition) is 2. The second-order valence-corrected chi connectivity index (χ2v) is 5.86. The summed E-state index contributed by atoms with van der Waals surface area (Å²) in [5, 5.41) is 10.1. The summed E-state index contributed by atoms with van der Waals surface area (Å²) < 4.78 is 0. The summed E-state index contributed by atoms with van der Waals surface area (Å²) in [7, 11) is 0. The van der Waals surface area contributed by atoms with E-state index in [0.717, 1.165) is 31.7 Å². The van der Waals surface area contributed by atoms with Crippen molar-refractivity contribution in [3.05, 3.63) is 11.6 Å². The molecule has 1 N–H and O–H groups in total. The van der Waals surface area contributed by atoms with Crippen LogP contribution in [0.3, 0.4) is 0 Å². The van der Waals surface area contributed by atoms with E-state index in [9.17, 15) is 5.11 Å². The van der Waals surface area contributed by atoms with Gasteiger partial charge in [0.05, 0.1) is 0 Å². The van der Waals surface area contributed by atoms with Gasteiger partial charge in [0.25, 0.3) is 0 Å². The van der Waals surface area contributed by atoms with Crippen molar-refractivity contribution in [2.24, 2.45) is 5.92 Å². The molecule has 3 atom stereocenters. The number of allylic oxidation sites excluding steroid dienone is 1. The van der Waals surface area contributed by atoms with Gasteiger partial charge in [-0.15, -0.1) is 0 Å². The minimum absolute atomic E-state index is 0.218. The zero-order valence-electron chi connectivity index (χ0n) is 12.7. The van der Waals surface area contributed by atoms with Gasteiger partial charge in [0.1, 0.15) is 6.23 Å². The van der Waals surface area contributed by atoms with E-state index in [4.69, 9.17) is 0 Å². The van der Waals surface area contributed by atoms with E-state index in [0.29, 0.717) is 6.04 Å². The first-order chi connectivity index (χ1) is 8.60. The van der Waals surface area contributed by atoms with E-state index in [-0.39, 0.29) is 6.23 Å². The molecule has 1 rings (SSSR count). The summed E-state index contributed by atoms with van der Waals surface area (Å²) in [5.74, 6) is 0.744. The van der Waals surface area contributed by atoms with Gasteiger partial charge in [0, 0.05) is 12.6 Å². The van der Waals surface area contributed by atoms with Crippen LogP contribution in [0.1, 0.15) is 66.2 Å². The molecular formula is C16H31NO. The average Bonchev–Trinajstić information content (AvgIpc) is 2.73. The Hall–Kier alpha value is -0.340. The summed E-state index contributed by atoms with van der Waals surface area (Å²) in [6.07, 6.45) is 9.02. The molecule has 0 aromatic rings. The van der Waals surface area contributed by atoms with Crippen LogP contribution >= 0.6 is 0 Å². The van der Waals surface area contributed by atoms with Crippen molar-refractivity contribution in [3.63, 3.8) is 0 Å². The van der Waals surface area contributed by atoms with Crippen LogP contribution in [-0.2, 0) is 0 Å². The lowest BCUT2D eigenvalue weighted by Crippen LogP contribution is -2.40. The molecule has 0 aromatic carbocycles. The number of aliphatic hydroxyl groups excluding tert-OH is 1. The Morgan fingerprint density at radius 2 is 2.17 bits per heavy atom. The first kappa shape index (κ1) is 15.7. The van der Waals surface area contributed by atoms with Crippen LogP contribution in [0.5, 0.6) is 0 Å². The molecule has 106 valence electrons. The van der Waals surface area contributed by atoms with Gasteiger partial charge >= 0.3 is 0 Å². The summed E-state index contributed by atoms with van der Waals surface area (Å²) in [6.45, 7) is 10.1. The molecule has 18 heavy (non-hydrogen) atoms. The molecule has 0 aromatic heterocycles. The van der Waals surface area contributed by atoms with Crippen molar-refractivity contribution in [2.45, 2.75) is 78.5 Å². The van der Waals surface area contributed by atoms with E-state index in [1.165, 1.54) is 24.8 Å². The van der Waals surface area contributed by atoms with Crippen LogP contribution < -0.4 is 0 Å². The SMILES string of the molecule is CC/C=C(/C)C(CC(C)CCC)N1CCCC1O. The molecule has 0 radical (unpaired) electrons. The maximum absolute atomic E-state index is 10.1. The molecular weight excluding hydrogens is 222 g/mol. The Bertz CT molecular complexity index is 262. The maximum Gasteiger partial charge on any atom is 0.107 e. The normalized spacial score (nSPS) is 25.4. The molecule has 1 aliphatic heterocycles. The predicted molar refractivity (Wildman–Crippen MR) is 78.5 cm³/mol. The van der Waals surface area contributed by atoms with Crippen molar-refractivity contribution < 1.29 is 5.11 Å². The smallest absolute Gasteiger partial charge is 0.107 e. The van der Waals surface area contributed by atoms with Crippen LogP contribution in [0.4, 0.5) is 0 Å². The van der Waals surface area contributed by atoms with Crippen LogP contribution in [0, 0.1) is 5.92 Å². The van der Waals surface area contributed by atoms with E-state index in [1.807, 2.05) is 0 Å². The van der Waals surface area contributed by atoms with Gasteiger partial charge in [0.2, 0.25) is 0 Å². The van der Waals surface area contributed by atoms with Crippen molar-refractivity contribution in [3.8, 4) is 0 Å². The maximum atomic E-state index is 10.1. The Morgan fingerprint density at radius 3 is 2.67 bits per heavy atom. The third-order valence-electron chi connectivity index (χ3n) is 4.12. The molecule has 2 heteroatoms. The van der Waals surface area contributed by atoms with Crippen molar-refractivity contribution in [2.75, 3.05) is 6.54 Å². The highest BCUT2D eigenvalue weighted by atomic mass is 16.3. The highest BCUT2D eigenvalue weighted by Crippen LogP contribution is 2.28. The summed E-state index contributed by atoms with van der Waals surface area (Å²) in [6, 6.07) is 0.448. The highest BCUT2D eigenvalue weighted by molar-refractivity contribution is 5.09. The van der Waals surface area contributed by atoms with Gasteiger partial charge in [-0.2, -0.15) is 0 Å². The molecule has 0 spiro atoms.